The molecule has 2 aromatic rings. The molecule has 1 heterocycles. The maximum absolute atomic E-state index is 5.37. The molecule has 96 valence electrons. The van der Waals surface area contributed by atoms with Crippen molar-refractivity contribution in [1.29, 1.82) is 0 Å². The molecule has 0 unspecified atom stereocenters. The molecule has 1 N–H and O–H groups in total. The molecule has 0 atom stereocenters. The van der Waals surface area contributed by atoms with E-state index < -0.39 is 0 Å². The third-order valence-corrected chi connectivity index (χ3v) is 3.28. The monoisotopic (exact) mass is 246 g/mol. The predicted octanol–water partition coefficient (Wildman–Crippen LogP) is 3.02. The van der Waals surface area contributed by atoms with Gasteiger partial charge in [0.1, 0.15) is 5.75 Å². The highest BCUT2D eigenvalue weighted by atomic mass is 16.5. The number of nitrogens with one attached hydrogen (secondary N) is 1. The second kappa shape index (κ2) is 4.72. The van der Waals surface area contributed by atoms with Crippen molar-refractivity contribution in [2.75, 3.05) is 14.2 Å². The number of hydrogen-bond acceptors (Lipinski definition) is 3. The molecule has 4 heteroatoms. The first-order chi connectivity index (χ1) is 8.58. The summed E-state index contributed by atoms with van der Waals surface area (Å²) in [5.74, 6) is 0.917. The molecule has 1 aromatic carbocycles. The van der Waals surface area contributed by atoms with Gasteiger partial charge in [-0.2, -0.15) is 0 Å². The van der Waals surface area contributed by atoms with Gasteiger partial charge in [-0.1, -0.05) is 0 Å². The minimum atomic E-state index is 0.525. The van der Waals surface area contributed by atoms with Crippen molar-refractivity contribution >= 4 is 0 Å². The van der Waals surface area contributed by atoms with Gasteiger partial charge in [0, 0.05) is 5.56 Å². The molecule has 0 fully saturated rings. The Kier molecular flexibility index (Phi) is 3.28. The van der Waals surface area contributed by atoms with Crippen LogP contribution in [0, 0.1) is 20.8 Å². The van der Waals surface area contributed by atoms with Gasteiger partial charge in [-0.15, -0.1) is 0 Å². The number of hydrogen-bond donors (Lipinski definition) is 1. The molecule has 0 amide bonds. The molecule has 0 radical (unpaired) electrons. The topological polar surface area (TPSA) is 47.1 Å². The maximum Gasteiger partial charge on any atom is 0.293 e. The number of H-pyrrole nitrogens is 1. The van der Waals surface area contributed by atoms with Crippen molar-refractivity contribution in [3.63, 3.8) is 0 Å². The number of aromatic nitrogens is 2. The summed E-state index contributed by atoms with van der Waals surface area (Å²) >= 11 is 0. The quantitative estimate of drug-likeness (QED) is 0.905. The van der Waals surface area contributed by atoms with Crippen LogP contribution in [-0.4, -0.2) is 24.2 Å². The van der Waals surface area contributed by atoms with Crippen molar-refractivity contribution in [3.8, 4) is 23.0 Å². The molecule has 0 saturated carbocycles. The van der Waals surface area contributed by atoms with Crippen molar-refractivity contribution in [2.24, 2.45) is 0 Å². The van der Waals surface area contributed by atoms with E-state index in [-0.39, 0.29) is 0 Å². The molecule has 1 aromatic heterocycles. The van der Waals surface area contributed by atoms with E-state index in [4.69, 9.17) is 9.47 Å². The van der Waals surface area contributed by atoms with Gasteiger partial charge in [0.15, 0.2) is 0 Å². The normalized spacial score (nSPS) is 10.5. The molecule has 2 rings (SSSR count). The summed E-state index contributed by atoms with van der Waals surface area (Å²) in [6, 6.07) is 2.57. The number of benzene rings is 1. The molecular weight excluding hydrogens is 228 g/mol. The molecular formula is C14H18N2O2. The summed E-state index contributed by atoms with van der Waals surface area (Å²) in [6.45, 7) is 6.22. The number of nitrogens with zero attached hydrogens (tertiary/aromatic N) is 1. The van der Waals surface area contributed by atoms with Crippen LogP contribution in [-0.2, 0) is 0 Å². The van der Waals surface area contributed by atoms with Crippen LogP contribution in [0.2, 0.25) is 0 Å². The summed E-state index contributed by atoms with van der Waals surface area (Å²) in [7, 11) is 3.29. The average Bonchev–Trinajstić information content (AvgIpc) is 2.82. The Morgan fingerprint density at radius 2 is 1.78 bits per heavy atom. The van der Waals surface area contributed by atoms with E-state index in [1.165, 1.54) is 5.56 Å². The minimum Gasteiger partial charge on any atom is -0.496 e. The second-order valence-corrected chi connectivity index (χ2v) is 4.33. The molecule has 4 nitrogen and oxygen atoms in total. The predicted molar refractivity (Wildman–Crippen MR) is 71.3 cm³/mol. The first-order valence-corrected chi connectivity index (χ1v) is 5.82. The summed E-state index contributed by atoms with van der Waals surface area (Å²) in [4.78, 5) is 7.31. The van der Waals surface area contributed by atoms with Gasteiger partial charge in [0.05, 0.1) is 26.1 Å². The highest BCUT2D eigenvalue weighted by Gasteiger charge is 2.14. The van der Waals surface area contributed by atoms with Gasteiger partial charge in [0.25, 0.3) is 6.01 Å². The van der Waals surface area contributed by atoms with E-state index in [9.17, 15) is 0 Å². The molecule has 0 bridgehead atoms. The van der Waals surface area contributed by atoms with Crippen LogP contribution >= 0.6 is 0 Å². The van der Waals surface area contributed by atoms with Crippen LogP contribution in [0.5, 0.6) is 11.8 Å². The molecule has 0 aliphatic carbocycles. The molecule has 0 spiro atoms. The Bertz CT molecular complexity index is 573. The van der Waals surface area contributed by atoms with E-state index in [1.807, 2.05) is 6.07 Å². The van der Waals surface area contributed by atoms with Gasteiger partial charge >= 0.3 is 0 Å². The Hall–Kier alpha value is -1.97. The molecule has 0 aliphatic rings. The van der Waals surface area contributed by atoms with Crippen LogP contribution in [0.4, 0.5) is 0 Å². The van der Waals surface area contributed by atoms with Gasteiger partial charge in [0.2, 0.25) is 0 Å². The first kappa shape index (κ1) is 12.5. The highest BCUT2D eigenvalue weighted by molar-refractivity contribution is 5.71. The smallest absolute Gasteiger partial charge is 0.293 e. The molecule has 18 heavy (non-hydrogen) atoms. The van der Waals surface area contributed by atoms with Crippen LogP contribution in [0.1, 0.15) is 16.7 Å². The summed E-state index contributed by atoms with van der Waals surface area (Å²) in [5, 5.41) is 0. The molecule has 0 aliphatic heterocycles. The summed E-state index contributed by atoms with van der Waals surface area (Å²) < 4.78 is 10.5. The summed E-state index contributed by atoms with van der Waals surface area (Å²) in [6.07, 6.45) is 1.79. The Labute approximate surface area is 107 Å². The van der Waals surface area contributed by atoms with Gasteiger partial charge in [-0.05, 0) is 43.5 Å². The highest BCUT2D eigenvalue weighted by Crippen LogP contribution is 2.34. The van der Waals surface area contributed by atoms with Crippen molar-refractivity contribution < 1.29 is 9.47 Å². The zero-order chi connectivity index (χ0) is 13.3. The third kappa shape index (κ3) is 1.94. The van der Waals surface area contributed by atoms with Gasteiger partial charge < -0.3 is 14.5 Å². The van der Waals surface area contributed by atoms with Gasteiger partial charge in [-0.25, -0.2) is 4.98 Å². The third-order valence-electron chi connectivity index (χ3n) is 3.28. The van der Waals surface area contributed by atoms with Crippen molar-refractivity contribution in [2.45, 2.75) is 20.8 Å². The fourth-order valence-electron chi connectivity index (χ4n) is 2.21. The van der Waals surface area contributed by atoms with Crippen molar-refractivity contribution in [1.82, 2.24) is 9.97 Å². The zero-order valence-corrected chi connectivity index (χ0v) is 11.4. The average molecular weight is 246 g/mol. The van der Waals surface area contributed by atoms with E-state index >= 15 is 0 Å². The van der Waals surface area contributed by atoms with E-state index in [0.29, 0.717) is 6.01 Å². The van der Waals surface area contributed by atoms with Crippen LogP contribution in [0.15, 0.2) is 12.3 Å². The first-order valence-electron chi connectivity index (χ1n) is 5.82. The lowest BCUT2D eigenvalue weighted by molar-refractivity contribution is 0.384. The fourth-order valence-corrected chi connectivity index (χ4v) is 2.21. The number of rotatable bonds is 3. The lowest BCUT2D eigenvalue weighted by atomic mass is 9.95. The van der Waals surface area contributed by atoms with E-state index in [1.54, 1.807) is 20.4 Å². The largest absolute Gasteiger partial charge is 0.496 e. The Morgan fingerprint density at radius 3 is 2.33 bits per heavy atom. The second-order valence-electron chi connectivity index (χ2n) is 4.33. The minimum absolute atomic E-state index is 0.525. The number of methoxy groups -OCH3 is 2. The van der Waals surface area contributed by atoms with Crippen LogP contribution in [0.25, 0.3) is 11.3 Å². The lowest BCUT2D eigenvalue weighted by Gasteiger charge is -2.14. The standard InChI is InChI=1S/C14H18N2O2/c1-8-6-12(17-4)9(2)10(3)13(8)11-7-15-14(16-11)18-5/h6-7H,1-5H3,(H,15,16). The fraction of sp³-hybridized carbons (Fsp3) is 0.357. The van der Waals surface area contributed by atoms with Gasteiger partial charge in [-0.3, -0.25) is 0 Å². The number of aromatic amines is 1. The van der Waals surface area contributed by atoms with E-state index in [0.717, 1.165) is 28.1 Å². The lowest BCUT2D eigenvalue weighted by Crippen LogP contribution is -1.96. The van der Waals surface area contributed by atoms with Crippen molar-refractivity contribution in [3.05, 3.63) is 29.0 Å². The molecule has 0 saturated heterocycles. The SMILES string of the molecule is COc1ncc(-c2c(C)cc(OC)c(C)c2C)[nH]1. The van der Waals surface area contributed by atoms with E-state index in [2.05, 4.69) is 30.7 Å². The summed E-state index contributed by atoms with van der Waals surface area (Å²) in [5.41, 5.74) is 5.61. The maximum atomic E-state index is 5.37. The number of imidazole rings is 1. The van der Waals surface area contributed by atoms with Crippen LogP contribution in [0.3, 0.4) is 0 Å². The Morgan fingerprint density at radius 1 is 1.06 bits per heavy atom. The van der Waals surface area contributed by atoms with Crippen LogP contribution < -0.4 is 9.47 Å². The zero-order valence-electron chi connectivity index (χ0n) is 11.4. The number of aryl methyl sites for hydroxylation is 1. The number of ether oxygens (including phenoxy) is 2. The Balaban J connectivity index is 2.60.